The third-order valence-corrected chi connectivity index (χ3v) is 29.7. The van der Waals surface area contributed by atoms with Gasteiger partial charge in [0.2, 0.25) is 11.8 Å². The van der Waals surface area contributed by atoms with Gasteiger partial charge in [0.1, 0.15) is 16.6 Å². The maximum atomic E-state index is 6.16. The first kappa shape index (κ1) is 92.3. The van der Waals surface area contributed by atoms with Crippen LogP contribution in [0.5, 0.6) is 11.8 Å². The summed E-state index contributed by atoms with van der Waals surface area (Å²) in [5.41, 5.74) is 9.77. The number of piperazine rings is 6. The molecule has 6 aromatic rings. The van der Waals surface area contributed by atoms with Crippen molar-refractivity contribution in [2.24, 2.45) is 7.05 Å². The van der Waals surface area contributed by atoms with Gasteiger partial charge in [-0.1, -0.05) is 30.6 Å². The summed E-state index contributed by atoms with van der Waals surface area (Å²) in [6.45, 7) is 72.4. The Balaban J connectivity index is 0.000000125. The Hall–Kier alpha value is -5.36. The number of hydrogen-bond acceptors (Lipinski definition) is 24. The number of methoxy groups -OCH3 is 2. The van der Waals surface area contributed by atoms with Crippen LogP contribution in [0.25, 0.3) is 0 Å². The average molecular weight is 1690 g/mol. The molecule has 0 N–H and O–H groups in total. The van der Waals surface area contributed by atoms with Gasteiger partial charge in [0, 0.05) is 292 Å². The first-order valence-electron chi connectivity index (χ1n) is 45.3. The van der Waals surface area contributed by atoms with Crippen LogP contribution >= 0.6 is 22.9 Å². The monoisotopic (exact) mass is 1690 g/mol. The van der Waals surface area contributed by atoms with Crippen LogP contribution < -0.4 is 14.4 Å². The molecule has 12 bridgehead atoms. The normalized spacial score (nSPS) is 27.5. The van der Waals surface area contributed by atoms with Crippen molar-refractivity contribution in [3.05, 3.63) is 116 Å². The van der Waals surface area contributed by atoms with E-state index in [9.17, 15) is 0 Å². The molecule has 6 aromatic heterocycles. The van der Waals surface area contributed by atoms with Gasteiger partial charge in [-0.2, -0.15) is 10.2 Å². The number of fused-ring (bicyclic) bond motifs is 12. The lowest BCUT2D eigenvalue weighted by molar-refractivity contribution is -0.100. The molecule has 24 nitrogen and oxygen atoms in total. The smallest absolute Gasteiger partial charge is 0.232 e. The lowest BCUT2D eigenvalue weighted by Crippen LogP contribution is -2.70. The summed E-state index contributed by atoms with van der Waals surface area (Å²) in [7, 11) is 9.46. The van der Waals surface area contributed by atoms with E-state index in [0.29, 0.717) is 92.8 Å². The summed E-state index contributed by atoms with van der Waals surface area (Å²) < 4.78 is 17.9. The minimum Gasteiger partial charge on any atom is -0.481 e. The van der Waals surface area contributed by atoms with Gasteiger partial charge in [-0.3, -0.25) is 58.8 Å². The molecule has 12 aliphatic rings. The van der Waals surface area contributed by atoms with E-state index in [1.807, 2.05) is 36.7 Å². The second-order valence-corrected chi connectivity index (χ2v) is 45.2. The molecule has 12 atom stereocenters. The molecule has 0 saturated carbocycles. The second kappa shape index (κ2) is 36.9. The predicted molar refractivity (Wildman–Crippen MR) is 487 cm³/mol. The van der Waals surface area contributed by atoms with Crippen molar-refractivity contribution in [3.8, 4) is 11.8 Å². The van der Waals surface area contributed by atoms with E-state index < -0.39 is 0 Å². The number of ether oxygens (including phenoxy) is 2. The number of nitrogens with zero attached hydrogens (tertiary/aromatic N) is 21. The SMILES string of the molecule is CC(C)c1cc(CN2C3CC2CN(C(C)(C)C)C3)no1.CN(C)c1ncc(CN2C3CC2CN(C(C)(C)C)C3)s1.COc1ncc(CN2C3CC2CN(C(C)(C)C)C3)cc1C.COc1ncc(CN2C3CC2CN(C(C)(C)C)C3)cc1Cl.Cc1ccc(CN2C3CC2CN(C(C)(C)C)C3)nn1.Cc1nc(CN2C3CC2CN(C(C)(C)C)C3)cn1C. The van der Waals surface area contributed by atoms with Gasteiger partial charge in [0.25, 0.3) is 0 Å². The van der Waals surface area contributed by atoms with Gasteiger partial charge in [0.05, 0.1) is 37.0 Å². The summed E-state index contributed by atoms with van der Waals surface area (Å²) in [5, 5.41) is 14.4. The fraction of sp³-hybridized carbons (Fsp3) is 0.755. The fourth-order valence-electron chi connectivity index (χ4n) is 20.2. The van der Waals surface area contributed by atoms with Crippen molar-refractivity contribution in [2.45, 2.75) is 349 Å². The van der Waals surface area contributed by atoms with Crippen molar-refractivity contribution >= 4 is 28.1 Å². The van der Waals surface area contributed by atoms with Crippen LogP contribution in [-0.2, 0) is 46.3 Å². The van der Waals surface area contributed by atoms with E-state index in [1.54, 1.807) is 14.2 Å². The standard InChI is InChI=1S/C17H27N3O.C16H24ClN3O.C16H27N3O.C15H26N4S.C15H26N4.C15H24N4/c1-12-6-13(8-18-16(12)21-5)9-20-14-7-15(20)11-19(10-14)17(2,3)4;1-16(2,3)19-9-12-6-13(10-19)20(12)8-11-5-14(17)15(21-4)18-7-11;1-11(2)15-6-12(17-20-15)8-19-13-7-14(19)10-18(9-13)16(3,4)5;1-15(2,3)18-8-11-6-12(9-18)19(11)10-13-7-16-14(20-13)17(4)5;1-11-16-12(7-17(11)5)8-19-13-6-14(19)10-18(9-13)15(2,3)4;1-11-5-6-12(17-16-11)8-19-13-7-14(19)10-18(9-13)15(2,3)4/h6,8,14-15H,7,9-11H2,1-5H3;5,7,12-13H,6,8-10H2,1-4H3;6,11,13-14H,7-10H2,1-5H3;7,11-12H,6,8-10H2,1-5H3;7,13-14H,6,8-10H2,1-5H3;5-6,13-14H,7-10H2,1-4H3. The predicted octanol–water partition coefficient (Wildman–Crippen LogP) is 14.0. The number of aromatic nitrogens is 8. The summed E-state index contributed by atoms with van der Waals surface area (Å²) in [6.07, 6.45) is 16.2. The van der Waals surface area contributed by atoms with Crippen molar-refractivity contribution in [1.82, 2.24) is 98.7 Å². The number of likely N-dealkylation sites (tertiary alicyclic amines) is 12. The average Bonchev–Trinajstić information content (AvgIpc) is 1.19. The Morgan fingerprint density at radius 2 is 0.792 bits per heavy atom. The molecule has 0 aliphatic carbocycles. The van der Waals surface area contributed by atoms with Crippen LogP contribution in [0, 0.1) is 20.8 Å². The Bertz CT molecular complexity index is 4060. The van der Waals surface area contributed by atoms with E-state index >= 15 is 0 Å². The number of hydrogen-bond donors (Lipinski definition) is 0. The van der Waals surface area contributed by atoms with Crippen LogP contribution in [0.3, 0.4) is 0 Å². The highest BCUT2D eigenvalue weighted by Crippen LogP contribution is 2.44. The molecular formula is C94H154ClN21O3S. The largest absolute Gasteiger partial charge is 0.481 e. The Morgan fingerprint density at radius 3 is 1.09 bits per heavy atom. The lowest BCUT2D eigenvalue weighted by Gasteiger charge is -2.59. The van der Waals surface area contributed by atoms with Gasteiger partial charge in [0.15, 0.2) is 5.13 Å². The Labute approximate surface area is 731 Å². The number of aryl methyl sites for hydroxylation is 4. The summed E-state index contributed by atoms with van der Waals surface area (Å²) in [5.74, 6) is 3.77. The third kappa shape index (κ3) is 22.0. The van der Waals surface area contributed by atoms with Crippen molar-refractivity contribution in [3.63, 3.8) is 0 Å². The molecule has 120 heavy (non-hydrogen) atoms. The fourth-order valence-corrected chi connectivity index (χ4v) is 21.3. The minimum atomic E-state index is 0.272. The molecule has 12 aliphatic heterocycles. The number of thiazole rings is 1. The first-order chi connectivity index (χ1) is 56.2. The highest BCUT2D eigenvalue weighted by molar-refractivity contribution is 7.15. The number of pyridine rings is 2. The van der Waals surface area contributed by atoms with E-state index in [0.717, 1.165) is 122 Å². The Morgan fingerprint density at radius 1 is 0.442 bits per heavy atom. The zero-order valence-corrected chi connectivity index (χ0v) is 80.6. The van der Waals surface area contributed by atoms with Crippen molar-refractivity contribution in [2.75, 3.05) is 112 Å². The first-order valence-corrected chi connectivity index (χ1v) is 46.5. The van der Waals surface area contributed by atoms with Gasteiger partial charge >= 0.3 is 0 Å². The summed E-state index contributed by atoms with van der Waals surface area (Å²) in [6, 6.07) is 19.0. The highest BCUT2D eigenvalue weighted by Gasteiger charge is 2.53. The molecule has 18 heterocycles. The highest BCUT2D eigenvalue weighted by atomic mass is 35.5. The lowest BCUT2D eigenvalue weighted by atomic mass is 9.84. The molecule has 0 spiro atoms. The summed E-state index contributed by atoms with van der Waals surface area (Å²) >= 11 is 7.99. The zero-order valence-electron chi connectivity index (χ0n) is 79.1. The van der Waals surface area contributed by atoms with Gasteiger partial charge < -0.3 is 23.5 Å². The van der Waals surface area contributed by atoms with E-state index in [4.69, 9.17) is 25.6 Å². The number of piperidine rings is 6. The Kier molecular flexibility index (Phi) is 28.4. The molecule has 0 amide bonds. The molecule has 666 valence electrons. The number of halogens is 1. The van der Waals surface area contributed by atoms with Gasteiger partial charge in [-0.05, 0) is 219 Å². The number of imidazole rings is 1. The molecule has 0 radical (unpaired) electrons. The molecule has 0 aromatic carbocycles. The van der Waals surface area contributed by atoms with Crippen molar-refractivity contribution in [1.29, 1.82) is 0 Å². The second-order valence-electron chi connectivity index (χ2n) is 43.7. The van der Waals surface area contributed by atoms with Crippen LogP contribution in [0.15, 0.2) is 59.6 Å². The van der Waals surface area contributed by atoms with E-state index in [-0.39, 0.29) is 5.54 Å². The molecule has 12 saturated heterocycles. The van der Waals surface area contributed by atoms with Gasteiger partial charge in [-0.25, -0.2) is 19.9 Å². The third-order valence-electron chi connectivity index (χ3n) is 28.3. The molecular weight excluding hydrogens is 1540 g/mol. The molecule has 12 unspecified atom stereocenters. The minimum absolute atomic E-state index is 0.272. The van der Waals surface area contributed by atoms with E-state index in [1.165, 1.54) is 126 Å². The zero-order chi connectivity index (χ0) is 86.8. The number of rotatable bonds is 16. The van der Waals surface area contributed by atoms with Crippen LogP contribution in [0.1, 0.15) is 239 Å². The number of anilines is 1. The summed E-state index contributed by atoms with van der Waals surface area (Å²) in [4.78, 5) is 52.7. The molecule has 12 fully saturated rings. The maximum Gasteiger partial charge on any atom is 0.232 e. The van der Waals surface area contributed by atoms with Crippen LogP contribution in [0.4, 0.5) is 5.13 Å². The van der Waals surface area contributed by atoms with Crippen molar-refractivity contribution < 1.29 is 14.0 Å². The van der Waals surface area contributed by atoms with Crippen LogP contribution in [-0.4, -0.2) is 311 Å². The van der Waals surface area contributed by atoms with E-state index in [2.05, 4.69) is 314 Å². The molecule has 18 rings (SSSR count). The van der Waals surface area contributed by atoms with Gasteiger partial charge in [-0.15, -0.1) is 11.3 Å². The van der Waals surface area contributed by atoms with Crippen LogP contribution in [0.2, 0.25) is 5.02 Å². The molecule has 26 heteroatoms. The maximum absolute atomic E-state index is 6.16. The topological polar surface area (TPSA) is 169 Å². The quantitative estimate of drug-likeness (QED) is 0.0896.